The Hall–Kier alpha value is -3.93. The Balaban J connectivity index is 1.51. The Morgan fingerprint density at radius 1 is 1.00 bits per heavy atom. The Labute approximate surface area is 198 Å². The number of hydrogen-bond acceptors (Lipinski definition) is 6. The summed E-state index contributed by atoms with van der Waals surface area (Å²) in [4.78, 5) is 14.7. The molecular weight excluding hydrogens is 430 g/mol. The Morgan fingerprint density at radius 2 is 1.85 bits per heavy atom. The zero-order chi connectivity index (χ0) is 23.5. The van der Waals surface area contributed by atoms with E-state index in [0.29, 0.717) is 25.5 Å². The lowest BCUT2D eigenvalue weighted by Gasteiger charge is -2.31. The first-order chi connectivity index (χ1) is 16.7. The lowest BCUT2D eigenvalue weighted by atomic mass is 9.99. The molecule has 0 bridgehead atoms. The molecule has 6 nitrogen and oxygen atoms in total. The first-order valence-electron chi connectivity index (χ1n) is 11.5. The van der Waals surface area contributed by atoms with Gasteiger partial charge in [-0.1, -0.05) is 31.5 Å². The van der Waals surface area contributed by atoms with E-state index in [0.717, 1.165) is 57.9 Å². The van der Waals surface area contributed by atoms with Crippen molar-refractivity contribution in [1.29, 1.82) is 0 Å². The van der Waals surface area contributed by atoms with Crippen molar-refractivity contribution in [1.82, 2.24) is 0 Å². The molecule has 3 aromatic carbocycles. The van der Waals surface area contributed by atoms with E-state index in [2.05, 4.69) is 11.8 Å². The zero-order valence-electron chi connectivity index (χ0n) is 19.4. The van der Waals surface area contributed by atoms with Gasteiger partial charge in [-0.3, -0.25) is 0 Å². The van der Waals surface area contributed by atoms with Gasteiger partial charge in [0.1, 0.15) is 22.8 Å². The molecule has 0 atom stereocenters. The predicted molar refractivity (Wildman–Crippen MR) is 133 cm³/mol. The van der Waals surface area contributed by atoms with Crippen molar-refractivity contribution >= 4 is 16.7 Å². The van der Waals surface area contributed by atoms with Crippen molar-refractivity contribution in [3.63, 3.8) is 0 Å². The van der Waals surface area contributed by atoms with Crippen LogP contribution in [0.5, 0.6) is 17.2 Å². The highest BCUT2D eigenvalue weighted by molar-refractivity contribution is 5.96. The van der Waals surface area contributed by atoms with Gasteiger partial charge in [0.15, 0.2) is 6.73 Å². The normalized spacial score (nSPS) is 12.8. The molecular formula is C28H27NO5. The molecule has 0 saturated heterocycles. The highest BCUT2D eigenvalue weighted by Gasteiger charge is 2.23. The van der Waals surface area contributed by atoms with Gasteiger partial charge in [0.05, 0.1) is 25.8 Å². The third-order valence-corrected chi connectivity index (χ3v) is 6.05. The molecule has 4 aromatic rings. The number of rotatable bonds is 7. The monoisotopic (exact) mass is 457 g/mol. The van der Waals surface area contributed by atoms with E-state index in [4.69, 9.17) is 18.6 Å². The second-order valence-electron chi connectivity index (χ2n) is 8.30. The summed E-state index contributed by atoms with van der Waals surface area (Å²) >= 11 is 0. The average Bonchev–Trinajstić information content (AvgIpc) is 2.88. The standard InChI is InChI=1S/C28H27NO5/c1-3-4-14-32-22-7-5-6-20(15-22)29-17-25-26(33-18-29)13-12-23-24(16-27(30)34-28(23)25)19-8-10-21(31-2)11-9-19/h5-13,15-16H,3-4,14,17-18H2,1-2H3. The van der Waals surface area contributed by atoms with Gasteiger partial charge in [0.25, 0.3) is 0 Å². The molecule has 0 saturated carbocycles. The maximum absolute atomic E-state index is 12.5. The number of benzene rings is 3. The lowest BCUT2D eigenvalue weighted by molar-refractivity contribution is 0.288. The highest BCUT2D eigenvalue weighted by Crippen LogP contribution is 2.37. The summed E-state index contributed by atoms with van der Waals surface area (Å²) in [5, 5.41) is 0.866. The summed E-state index contributed by atoms with van der Waals surface area (Å²) in [7, 11) is 1.63. The number of methoxy groups -OCH3 is 1. The molecule has 0 spiro atoms. The van der Waals surface area contributed by atoms with Crippen LogP contribution in [0.25, 0.3) is 22.1 Å². The first kappa shape index (κ1) is 21.9. The maximum atomic E-state index is 12.5. The van der Waals surface area contributed by atoms with Gasteiger partial charge in [-0.05, 0) is 53.9 Å². The van der Waals surface area contributed by atoms with Crippen molar-refractivity contribution in [2.75, 3.05) is 25.3 Å². The van der Waals surface area contributed by atoms with Gasteiger partial charge in [-0.15, -0.1) is 0 Å². The fraction of sp³-hybridized carbons (Fsp3) is 0.250. The van der Waals surface area contributed by atoms with E-state index in [1.165, 1.54) is 6.07 Å². The number of fused-ring (bicyclic) bond motifs is 3. The topological polar surface area (TPSA) is 61.1 Å². The van der Waals surface area contributed by atoms with E-state index < -0.39 is 5.63 Å². The average molecular weight is 458 g/mol. The van der Waals surface area contributed by atoms with E-state index in [1.54, 1.807) is 7.11 Å². The van der Waals surface area contributed by atoms with Crippen LogP contribution < -0.4 is 24.7 Å². The summed E-state index contributed by atoms with van der Waals surface area (Å²) in [5.74, 6) is 2.33. The lowest BCUT2D eigenvalue weighted by Crippen LogP contribution is -2.32. The fourth-order valence-electron chi connectivity index (χ4n) is 4.21. The Morgan fingerprint density at radius 3 is 2.65 bits per heavy atom. The molecule has 0 aliphatic carbocycles. The van der Waals surface area contributed by atoms with Crippen molar-refractivity contribution in [2.45, 2.75) is 26.3 Å². The van der Waals surface area contributed by atoms with Crippen LogP contribution in [-0.4, -0.2) is 20.4 Å². The molecule has 0 amide bonds. The molecule has 1 aliphatic rings. The van der Waals surface area contributed by atoms with Crippen molar-refractivity contribution in [3.05, 3.63) is 82.7 Å². The van der Waals surface area contributed by atoms with Gasteiger partial charge in [-0.25, -0.2) is 4.79 Å². The maximum Gasteiger partial charge on any atom is 0.336 e. The van der Waals surface area contributed by atoms with Gasteiger partial charge in [-0.2, -0.15) is 0 Å². The van der Waals surface area contributed by atoms with E-state index in [-0.39, 0.29) is 0 Å². The SMILES string of the molecule is CCCCOc1cccc(N2COc3ccc4c(-c5ccc(OC)cc5)cc(=O)oc4c3C2)c1. The second kappa shape index (κ2) is 9.51. The molecule has 5 rings (SSSR count). The van der Waals surface area contributed by atoms with Crippen LogP contribution in [0.15, 0.2) is 75.9 Å². The Kier molecular flexibility index (Phi) is 6.12. The van der Waals surface area contributed by atoms with Gasteiger partial charge in [0, 0.05) is 23.2 Å². The minimum absolute atomic E-state index is 0.393. The van der Waals surface area contributed by atoms with Crippen LogP contribution >= 0.6 is 0 Å². The molecule has 174 valence electrons. The van der Waals surface area contributed by atoms with Crippen LogP contribution in [-0.2, 0) is 6.54 Å². The van der Waals surface area contributed by atoms with Crippen LogP contribution in [0.4, 0.5) is 5.69 Å². The Bertz CT molecular complexity index is 1360. The number of unbranched alkanes of at least 4 members (excludes halogenated alkanes) is 1. The summed E-state index contributed by atoms with van der Waals surface area (Å²) in [6, 6.07) is 21.1. The van der Waals surface area contributed by atoms with Crippen LogP contribution in [0.3, 0.4) is 0 Å². The van der Waals surface area contributed by atoms with Gasteiger partial charge in [0.2, 0.25) is 0 Å². The predicted octanol–water partition coefficient (Wildman–Crippen LogP) is 6.00. The van der Waals surface area contributed by atoms with E-state index in [9.17, 15) is 4.79 Å². The van der Waals surface area contributed by atoms with Gasteiger partial charge < -0.3 is 23.5 Å². The van der Waals surface area contributed by atoms with Crippen LogP contribution in [0.2, 0.25) is 0 Å². The zero-order valence-corrected chi connectivity index (χ0v) is 19.4. The minimum atomic E-state index is -0.393. The summed E-state index contributed by atoms with van der Waals surface area (Å²) in [6.07, 6.45) is 2.11. The summed E-state index contributed by atoms with van der Waals surface area (Å²) in [5.41, 5.74) is 3.74. The van der Waals surface area contributed by atoms with Crippen LogP contribution in [0, 0.1) is 0 Å². The third-order valence-electron chi connectivity index (χ3n) is 6.05. The van der Waals surface area contributed by atoms with Crippen molar-refractivity contribution < 1.29 is 18.6 Å². The van der Waals surface area contributed by atoms with E-state index >= 15 is 0 Å². The minimum Gasteiger partial charge on any atom is -0.497 e. The van der Waals surface area contributed by atoms with E-state index in [1.807, 2.05) is 60.7 Å². The first-order valence-corrected chi connectivity index (χ1v) is 11.5. The smallest absolute Gasteiger partial charge is 0.336 e. The number of hydrogen-bond donors (Lipinski definition) is 0. The third kappa shape index (κ3) is 4.31. The summed E-state index contributed by atoms with van der Waals surface area (Å²) in [6.45, 7) is 3.80. The molecule has 1 aliphatic heterocycles. The van der Waals surface area contributed by atoms with Crippen molar-refractivity contribution in [2.24, 2.45) is 0 Å². The number of anilines is 1. The second-order valence-corrected chi connectivity index (χ2v) is 8.30. The number of nitrogens with zero attached hydrogens (tertiary/aromatic N) is 1. The molecule has 2 heterocycles. The molecule has 6 heteroatoms. The number of ether oxygens (including phenoxy) is 3. The van der Waals surface area contributed by atoms with Gasteiger partial charge >= 0.3 is 5.63 Å². The molecule has 0 unspecified atom stereocenters. The summed E-state index contributed by atoms with van der Waals surface area (Å²) < 4.78 is 22.9. The van der Waals surface area contributed by atoms with Crippen molar-refractivity contribution in [3.8, 4) is 28.4 Å². The highest BCUT2D eigenvalue weighted by atomic mass is 16.5. The molecule has 0 N–H and O–H groups in total. The molecule has 34 heavy (non-hydrogen) atoms. The molecule has 0 fully saturated rings. The quantitative estimate of drug-likeness (QED) is 0.250. The van der Waals surface area contributed by atoms with Crippen LogP contribution in [0.1, 0.15) is 25.3 Å². The largest absolute Gasteiger partial charge is 0.497 e. The molecule has 1 aromatic heterocycles. The fourth-order valence-corrected chi connectivity index (χ4v) is 4.21. The molecule has 0 radical (unpaired) electrons.